The number of fused-ring (bicyclic) bond motifs is 1. The smallest absolute Gasteiger partial charge is 0.241 e. The van der Waals surface area contributed by atoms with Crippen LogP contribution in [0.1, 0.15) is 30.5 Å². The van der Waals surface area contributed by atoms with Crippen LogP contribution in [0.25, 0.3) is 10.9 Å². The van der Waals surface area contributed by atoms with E-state index in [9.17, 15) is 8.42 Å². The van der Waals surface area contributed by atoms with E-state index in [0.717, 1.165) is 27.6 Å². The Morgan fingerprint density at radius 1 is 1.00 bits per heavy atom. The number of nitrogens with one attached hydrogen (secondary N) is 1. The number of hydrogen-bond donors (Lipinski definition) is 1. The molecule has 4 nitrogen and oxygen atoms in total. The maximum Gasteiger partial charge on any atom is 0.241 e. The van der Waals surface area contributed by atoms with E-state index in [4.69, 9.17) is 0 Å². The molecule has 144 valence electrons. The molecule has 0 amide bonds. The number of nitrogens with zero attached hydrogens (tertiary/aromatic N) is 1. The highest BCUT2D eigenvalue weighted by atomic mass is 32.2. The summed E-state index contributed by atoms with van der Waals surface area (Å²) in [4.78, 5) is 0.399. The highest BCUT2D eigenvalue weighted by Crippen LogP contribution is 2.23. The van der Waals surface area contributed by atoms with Crippen LogP contribution in [0.4, 0.5) is 0 Å². The minimum Gasteiger partial charge on any atom is -0.346 e. The molecule has 1 N–H and O–H groups in total. The molecule has 0 saturated heterocycles. The Hall–Kier alpha value is -2.11. The van der Waals surface area contributed by atoms with Crippen LogP contribution in [-0.2, 0) is 16.6 Å². The second-order valence-electron chi connectivity index (χ2n) is 7.73. The largest absolute Gasteiger partial charge is 0.346 e. The van der Waals surface area contributed by atoms with Gasteiger partial charge in [0.1, 0.15) is 0 Å². The molecule has 27 heavy (non-hydrogen) atoms. The molecular weight excluding hydrogens is 356 g/mol. The van der Waals surface area contributed by atoms with E-state index in [2.05, 4.69) is 27.5 Å². The predicted molar refractivity (Wildman–Crippen MR) is 112 cm³/mol. The van der Waals surface area contributed by atoms with Crippen LogP contribution in [0.5, 0.6) is 0 Å². The van der Waals surface area contributed by atoms with Crippen molar-refractivity contribution in [3.05, 3.63) is 65.4 Å². The third-order valence-electron chi connectivity index (χ3n) is 5.06. The summed E-state index contributed by atoms with van der Waals surface area (Å²) in [5.74, 6) is 0.159. The van der Waals surface area contributed by atoms with Crippen molar-refractivity contribution in [1.82, 2.24) is 9.29 Å². The Bertz CT molecular complexity index is 1040. The Morgan fingerprint density at radius 2 is 1.63 bits per heavy atom. The molecule has 1 atom stereocenters. The second kappa shape index (κ2) is 7.49. The van der Waals surface area contributed by atoms with Crippen LogP contribution in [0, 0.1) is 26.7 Å². The average Bonchev–Trinajstić information content (AvgIpc) is 2.96. The molecule has 1 unspecified atom stereocenters. The fourth-order valence-electron chi connectivity index (χ4n) is 3.74. The topological polar surface area (TPSA) is 51.1 Å². The van der Waals surface area contributed by atoms with Gasteiger partial charge in [-0.25, -0.2) is 13.1 Å². The summed E-state index contributed by atoms with van der Waals surface area (Å²) in [6.07, 6.45) is 2.02. The van der Waals surface area contributed by atoms with E-state index in [1.807, 2.05) is 65.1 Å². The Balaban J connectivity index is 1.93. The third-order valence-corrected chi connectivity index (χ3v) is 6.85. The molecule has 3 aromatic rings. The van der Waals surface area contributed by atoms with Gasteiger partial charge in [0.05, 0.1) is 4.90 Å². The van der Waals surface area contributed by atoms with E-state index in [0.29, 0.717) is 11.4 Å². The van der Waals surface area contributed by atoms with Crippen LogP contribution in [-0.4, -0.2) is 19.0 Å². The van der Waals surface area contributed by atoms with E-state index in [1.54, 1.807) is 0 Å². The van der Waals surface area contributed by atoms with Crippen molar-refractivity contribution in [2.45, 2.75) is 52.1 Å². The molecule has 0 bridgehead atoms. The Kier molecular flexibility index (Phi) is 5.45. The zero-order valence-corrected chi connectivity index (χ0v) is 17.5. The monoisotopic (exact) mass is 384 g/mol. The summed E-state index contributed by atoms with van der Waals surface area (Å²) in [6, 6.07) is 13.9. The molecule has 5 heteroatoms. The van der Waals surface area contributed by atoms with Crippen molar-refractivity contribution in [3.8, 4) is 0 Å². The number of hydrogen-bond acceptors (Lipinski definition) is 2. The lowest BCUT2D eigenvalue weighted by Gasteiger charge is -2.24. The summed E-state index contributed by atoms with van der Waals surface area (Å²) >= 11 is 0. The lowest BCUT2D eigenvalue weighted by Crippen LogP contribution is -2.41. The maximum absolute atomic E-state index is 13.2. The van der Waals surface area contributed by atoms with Crippen molar-refractivity contribution in [2.75, 3.05) is 0 Å². The van der Waals surface area contributed by atoms with Gasteiger partial charge in [-0.05, 0) is 55.3 Å². The van der Waals surface area contributed by atoms with Crippen molar-refractivity contribution in [3.63, 3.8) is 0 Å². The molecule has 0 saturated carbocycles. The normalized spacial score (nSPS) is 13.4. The molecule has 0 aliphatic heterocycles. The van der Waals surface area contributed by atoms with Gasteiger partial charge in [-0.15, -0.1) is 0 Å². The molecule has 1 heterocycles. The lowest BCUT2D eigenvalue weighted by molar-refractivity contribution is 0.403. The van der Waals surface area contributed by atoms with Crippen LogP contribution >= 0.6 is 0 Å². The van der Waals surface area contributed by atoms with Gasteiger partial charge in [-0.1, -0.05) is 49.7 Å². The summed E-state index contributed by atoms with van der Waals surface area (Å²) in [6.45, 7) is 10.4. The summed E-state index contributed by atoms with van der Waals surface area (Å²) in [5, 5.41) is 1.16. The molecule has 1 aromatic heterocycles. The van der Waals surface area contributed by atoms with Gasteiger partial charge < -0.3 is 4.57 Å². The number of rotatable bonds is 6. The van der Waals surface area contributed by atoms with Gasteiger partial charge in [0.2, 0.25) is 10.0 Å². The van der Waals surface area contributed by atoms with Gasteiger partial charge in [0.15, 0.2) is 0 Å². The van der Waals surface area contributed by atoms with Crippen LogP contribution in [0.2, 0.25) is 0 Å². The second-order valence-corrected chi connectivity index (χ2v) is 9.38. The van der Waals surface area contributed by atoms with Gasteiger partial charge >= 0.3 is 0 Å². The van der Waals surface area contributed by atoms with Crippen molar-refractivity contribution in [1.29, 1.82) is 0 Å². The molecule has 2 aromatic carbocycles. The van der Waals surface area contributed by atoms with Gasteiger partial charge in [-0.2, -0.15) is 0 Å². The molecule has 0 aliphatic carbocycles. The van der Waals surface area contributed by atoms with Gasteiger partial charge in [-0.3, -0.25) is 0 Å². The molecule has 0 spiro atoms. The maximum atomic E-state index is 13.2. The summed E-state index contributed by atoms with van der Waals surface area (Å²) < 4.78 is 31.4. The quantitative estimate of drug-likeness (QED) is 0.677. The van der Waals surface area contributed by atoms with Gasteiger partial charge in [0, 0.05) is 24.3 Å². The average molecular weight is 385 g/mol. The van der Waals surface area contributed by atoms with Crippen LogP contribution < -0.4 is 4.72 Å². The van der Waals surface area contributed by atoms with Gasteiger partial charge in [0.25, 0.3) is 0 Å². The zero-order chi connectivity index (χ0) is 19.8. The van der Waals surface area contributed by atoms with E-state index < -0.39 is 10.0 Å². The molecule has 3 rings (SSSR count). The predicted octanol–water partition coefficient (Wildman–Crippen LogP) is 4.57. The number of sulfonamides is 1. The number of para-hydroxylation sites is 1. The highest BCUT2D eigenvalue weighted by molar-refractivity contribution is 7.89. The Morgan fingerprint density at radius 3 is 2.26 bits per heavy atom. The van der Waals surface area contributed by atoms with Crippen molar-refractivity contribution in [2.24, 2.45) is 5.92 Å². The highest BCUT2D eigenvalue weighted by Gasteiger charge is 2.26. The first-order valence-electron chi connectivity index (χ1n) is 9.33. The fourth-order valence-corrected chi connectivity index (χ4v) is 5.57. The minimum absolute atomic E-state index is 0.159. The third kappa shape index (κ3) is 4.09. The number of aryl methyl sites for hydroxylation is 3. The minimum atomic E-state index is -3.60. The number of aromatic nitrogens is 1. The van der Waals surface area contributed by atoms with Crippen LogP contribution in [0.3, 0.4) is 0 Å². The standard InChI is InChI=1S/C22H28N2O2S/c1-15(2)20(14-24-11-10-19-8-6-7-9-21(19)24)23-27(25,26)22-17(4)12-16(3)13-18(22)5/h6-13,15,20,23H,14H2,1-5H3. The first-order chi connectivity index (χ1) is 12.7. The zero-order valence-electron chi connectivity index (χ0n) is 16.7. The van der Waals surface area contributed by atoms with E-state index in [1.165, 1.54) is 0 Å². The summed E-state index contributed by atoms with van der Waals surface area (Å²) in [7, 11) is -3.60. The number of benzene rings is 2. The fraction of sp³-hybridized carbons (Fsp3) is 0.364. The molecule has 0 radical (unpaired) electrons. The first kappa shape index (κ1) is 19.6. The van der Waals surface area contributed by atoms with Crippen molar-refractivity contribution < 1.29 is 8.42 Å². The summed E-state index contributed by atoms with van der Waals surface area (Å²) in [5.41, 5.74) is 3.76. The lowest BCUT2D eigenvalue weighted by atomic mass is 10.1. The van der Waals surface area contributed by atoms with Crippen molar-refractivity contribution >= 4 is 20.9 Å². The Labute approximate surface area is 162 Å². The molecular formula is C22H28N2O2S. The first-order valence-corrected chi connectivity index (χ1v) is 10.8. The van der Waals surface area contributed by atoms with E-state index >= 15 is 0 Å². The molecule has 0 aliphatic rings. The SMILES string of the molecule is Cc1cc(C)c(S(=O)(=O)NC(Cn2ccc3ccccc32)C(C)C)c(C)c1. The van der Waals surface area contributed by atoms with E-state index in [-0.39, 0.29) is 12.0 Å². The molecule has 0 fully saturated rings. The van der Waals surface area contributed by atoms with Crippen LogP contribution in [0.15, 0.2) is 53.6 Å².